The summed E-state index contributed by atoms with van der Waals surface area (Å²) in [7, 11) is 1.56. The first-order chi connectivity index (χ1) is 14.4. The number of hydrogen-bond donors (Lipinski definition) is 2. The lowest BCUT2D eigenvalue weighted by atomic mass is 10.2. The molecule has 0 radical (unpaired) electrons. The molecule has 1 amide bonds. The van der Waals surface area contributed by atoms with Crippen molar-refractivity contribution in [3.8, 4) is 5.75 Å². The molecular formula is C20H19F2N5O3. The molecule has 0 aliphatic carbocycles. The van der Waals surface area contributed by atoms with Crippen molar-refractivity contribution in [1.82, 2.24) is 20.1 Å². The number of halogens is 2. The highest BCUT2D eigenvalue weighted by Gasteiger charge is 2.32. The number of anilines is 1. The Morgan fingerprint density at radius 2 is 2.07 bits per heavy atom. The Balaban J connectivity index is 1.47. The molecular weight excluding hydrogens is 396 g/mol. The number of nitrogens with one attached hydrogen (secondary N) is 1. The second kappa shape index (κ2) is 8.17. The quantitative estimate of drug-likeness (QED) is 0.615. The number of nitrogens with zero attached hydrogens (tertiary/aromatic N) is 4. The maximum atomic E-state index is 14.3. The largest absolute Gasteiger partial charge is 0.488 e. The van der Waals surface area contributed by atoms with E-state index in [1.807, 2.05) is 0 Å². The van der Waals surface area contributed by atoms with Crippen molar-refractivity contribution >= 4 is 11.7 Å². The minimum atomic E-state index is -1.41. The van der Waals surface area contributed by atoms with Crippen LogP contribution in [0.15, 0.2) is 48.7 Å². The van der Waals surface area contributed by atoms with Crippen molar-refractivity contribution in [2.45, 2.75) is 18.8 Å². The van der Waals surface area contributed by atoms with Gasteiger partial charge in [0.25, 0.3) is 0 Å². The van der Waals surface area contributed by atoms with Crippen molar-refractivity contribution in [3.63, 3.8) is 0 Å². The van der Waals surface area contributed by atoms with E-state index in [1.54, 1.807) is 25.4 Å². The molecule has 156 valence electrons. The van der Waals surface area contributed by atoms with Crippen LogP contribution in [0.1, 0.15) is 17.5 Å². The fraction of sp³-hybridized carbons (Fsp3) is 0.250. The Hall–Kier alpha value is -3.37. The van der Waals surface area contributed by atoms with E-state index in [0.29, 0.717) is 17.1 Å². The molecule has 2 N–H and O–H groups in total. The average Bonchev–Trinajstić information content (AvgIpc) is 3.06. The maximum Gasteiger partial charge on any atom is 0.248 e. The van der Waals surface area contributed by atoms with Gasteiger partial charge in [-0.2, -0.15) is 9.49 Å². The zero-order valence-corrected chi connectivity index (χ0v) is 16.0. The number of amides is 1. The van der Waals surface area contributed by atoms with Gasteiger partial charge in [-0.25, -0.2) is 14.1 Å². The number of ether oxygens (including phenoxy) is 1. The van der Waals surface area contributed by atoms with Gasteiger partial charge in [-0.15, -0.1) is 0 Å². The van der Waals surface area contributed by atoms with Crippen molar-refractivity contribution in [3.05, 3.63) is 71.7 Å². The first-order valence-corrected chi connectivity index (χ1v) is 9.19. The summed E-state index contributed by atoms with van der Waals surface area (Å²) < 4.78 is 34.0. The minimum absolute atomic E-state index is 0.00458. The van der Waals surface area contributed by atoms with Crippen LogP contribution in [0.5, 0.6) is 5.75 Å². The van der Waals surface area contributed by atoms with Gasteiger partial charge in [0.2, 0.25) is 11.9 Å². The van der Waals surface area contributed by atoms with Crippen LogP contribution in [0.3, 0.4) is 0 Å². The number of pyridine rings is 1. The second-order valence-corrected chi connectivity index (χ2v) is 6.83. The highest BCUT2D eigenvalue weighted by Crippen LogP contribution is 2.27. The number of aliphatic hydroxyl groups excluding tert-OH is 1. The van der Waals surface area contributed by atoms with E-state index in [2.05, 4.69) is 15.4 Å². The number of aliphatic hydroxyl groups is 1. The Morgan fingerprint density at radius 3 is 2.83 bits per heavy atom. The van der Waals surface area contributed by atoms with E-state index < -0.39 is 24.0 Å². The SMILES string of the molecule is CN1C(=O)[C@@H](NC(O)c2cc(F)n(Cc3ccc(F)cc3)n2)COc2cccnc21. The molecule has 30 heavy (non-hydrogen) atoms. The van der Waals surface area contributed by atoms with Crippen molar-refractivity contribution < 1.29 is 23.4 Å². The summed E-state index contributed by atoms with van der Waals surface area (Å²) in [5, 5.41) is 17.3. The van der Waals surface area contributed by atoms with Gasteiger partial charge in [0.15, 0.2) is 17.8 Å². The van der Waals surface area contributed by atoms with Gasteiger partial charge in [0.05, 0.1) is 6.54 Å². The number of hydrogen-bond acceptors (Lipinski definition) is 6. The van der Waals surface area contributed by atoms with E-state index in [-0.39, 0.29) is 24.8 Å². The van der Waals surface area contributed by atoms with Crippen LogP contribution in [0.2, 0.25) is 0 Å². The highest BCUT2D eigenvalue weighted by molar-refractivity contribution is 5.97. The van der Waals surface area contributed by atoms with Gasteiger partial charge in [-0.1, -0.05) is 12.1 Å². The number of fused-ring (bicyclic) bond motifs is 1. The molecule has 1 aromatic carbocycles. The normalized spacial score (nSPS) is 17.3. The van der Waals surface area contributed by atoms with Crippen LogP contribution in [0.25, 0.3) is 0 Å². The fourth-order valence-corrected chi connectivity index (χ4v) is 3.14. The zero-order chi connectivity index (χ0) is 21.3. The molecule has 3 heterocycles. The number of aromatic nitrogens is 3. The van der Waals surface area contributed by atoms with Crippen LogP contribution in [0, 0.1) is 11.8 Å². The lowest BCUT2D eigenvalue weighted by molar-refractivity contribution is -0.121. The predicted octanol–water partition coefficient (Wildman–Crippen LogP) is 1.61. The highest BCUT2D eigenvalue weighted by atomic mass is 19.1. The summed E-state index contributed by atoms with van der Waals surface area (Å²) in [6.45, 7) is 0.0196. The summed E-state index contributed by atoms with van der Waals surface area (Å²) in [5.74, 6) is -0.611. The van der Waals surface area contributed by atoms with Gasteiger partial charge in [0.1, 0.15) is 24.2 Å². The Morgan fingerprint density at radius 1 is 1.30 bits per heavy atom. The molecule has 1 aliphatic rings. The first kappa shape index (κ1) is 19.9. The molecule has 2 atom stereocenters. The molecule has 0 fully saturated rings. The Kier molecular flexibility index (Phi) is 5.42. The van der Waals surface area contributed by atoms with Crippen molar-refractivity contribution in [2.75, 3.05) is 18.6 Å². The van der Waals surface area contributed by atoms with Crippen molar-refractivity contribution in [1.29, 1.82) is 0 Å². The topological polar surface area (TPSA) is 92.5 Å². The molecule has 4 rings (SSSR count). The molecule has 8 nitrogen and oxygen atoms in total. The lowest BCUT2D eigenvalue weighted by Crippen LogP contribution is -2.48. The van der Waals surface area contributed by atoms with Crippen LogP contribution >= 0.6 is 0 Å². The van der Waals surface area contributed by atoms with E-state index in [9.17, 15) is 18.7 Å². The van der Waals surface area contributed by atoms with Gasteiger partial charge in [-0.05, 0) is 29.8 Å². The number of likely N-dealkylation sites (N-methyl/N-ethyl adjacent to an activating group) is 1. The third-order valence-electron chi connectivity index (χ3n) is 4.74. The maximum absolute atomic E-state index is 14.3. The van der Waals surface area contributed by atoms with Crippen LogP contribution in [0.4, 0.5) is 14.6 Å². The third-order valence-corrected chi connectivity index (χ3v) is 4.74. The molecule has 10 heteroatoms. The fourth-order valence-electron chi connectivity index (χ4n) is 3.14. The van der Waals surface area contributed by atoms with E-state index >= 15 is 0 Å². The monoisotopic (exact) mass is 415 g/mol. The van der Waals surface area contributed by atoms with Crippen molar-refractivity contribution in [2.24, 2.45) is 0 Å². The molecule has 0 spiro atoms. The average molecular weight is 415 g/mol. The standard InChI is InChI=1S/C20H19F2N5O3/c1-26-18-16(3-2-8-23-18)30-11-15(20(26)29)24-19(28)14-9-17(22)27(25-14)10-12-4-6-13(21)7-5-12/h2-9,15,19,24,28H,10-11H2,1H3/t15-,19?/m0/s1. The van der Waals surface area contributed by atoms with Gasteiger partial charge in [-0.3, -0.25) is 15.0 Å². The Bertz CT molecular complexity index is 1060. The summed E-state index contributed by atoms with van der Waals surface area (Å²) >= 11 is 0. The van der Waals surface area contributed by atoms with Crippen LogP contribution in [-0.2, 0) is 11.3 Å². The smallest absolute Gasteiger partial charge is 0.248 e. The summed E-state index contributed by atoms with van der Waals surface area (Å²) in [6.07, 6.45) is 0.138. The van der Waals surface area contributed by atoms with Gasteiger partial charge >= 0.3 is 0 Å². The number of rotatable bonds is 5. The summed E-state index contributed by atoms with van der Waals surface area (Å²) in [4.78, 5) is 18.2. The zero-order valence-electron chi connectivity index (χ0n) is 16.0. The minimum Gasteiger partial charge on any atom is -0.488 e. The molecule has 0 saturated heterocycles. The second-order valence-electron chi connectivity index (χ2n) is 6.83. The molecule has 3 aromatic rings. The molecule has 1 aliphatic heterocycles. The molecule has 0 saturated carbocycles. The van der Waals surface area contributed by atoms with Crippen LogP contribution < -0.4 is 15.0 Å². The van der Waals surface area contributed by atoms with Gasteiger partial charge in [0, 0.05) is 19.3 Å². The molecule has 0 bridgehead atoms. The number of carbonyl (C=O) groups is 1. The number of benzene rings is 1. The molecule has 2 aromatic heterocycles. The van der Waals surface area contributed by atoms with E-state index in [1.165, 1.54) is 29.2 Å². The Labute approximate surface area is 170 Å². The van der Waals surface area contributed by atoms with E-state index in [0.717, 1.165) is 10.7 Å². The predicted molar refractivity (Wildman–Crippen MR) is 103 cm³/mol. The first-order valence-electron chi connectivity index (χ1n) is 9.19. The third kappa shape index (κ3) is 4.00. The lowest BCUT2D eigenvalue weighted by Gasteiger charge is -2.21. The summed E-state index contributed by atoms with van der Waals surface area (Å²) in [6, 6.07) is 9.15. The molecule has 1 unspecified atom stereocenters. The van der Waals surface area contributed by atoms with Crippen LogP contribution in [-0.4, -0.2) is 45.5 Å². The number of carbonyl (C=O) groups excluding carboxylic acids is 1. The van der Waals surface area contributed by atoms with Gasteiger partial charge < -0.3 is 9.84 Å². The summed E-state index contributed by atoms with van der Waals surface area (Å²) in [5.41, 5.74) is 0.650. The van der Waals surface area contributed by atoms with E-state index in [4.69, 9.17) is 4.74 Å².